The number of benzene rings is 1. The largest absolute Gasteiger partial charge is 0.387 e. The molecule has 1 aromatic rings. The Morgan fingerprint density at radius 3 is 2.32 bits per heavy atom. The summed E-state index contributed by atoms with van der Waals surface area (Å²) in [5.74, 6) is -2.54. The zero-order chi connectivity index (χ0) is 28.2. The summed E-state index contributed by atoms with van der Waals surface area (Å²) in [5, 5.41) is 20.5. The average molecular weight is 550 g/mol. The molecule has 38 heavy (non-hydrogen) atoms. The van der Waals surface area contributed by atoms with E-state index in [1.165, 1.54) is 18.7 Å². The van der Waals surface area contributed by atoms with E-state index in [0.717, 1.165) is 10.5 Å². The van der Waals surface area contributed by atoms with E-state index in [4.69, 9.17) is 0 Å². The van der Waals surface area contributed by atoms with E-state index in [1.54, 1.807) is 13.8 Å². The van der Waals surface area contributed by atoms with E-state index in [-0.39, 0.29) is 12.5 Å². The molecule has 0 radical (unpaired) electrons. The third-order valence-electron chi connectivity index (χ3n) is 6.20. The van der Waals surface area contributed by atoms with Crippen LogP contribution in [0.15, 0.2) is 30.3 Å². The van der Waals surface area contributed by atoms with Crippen LogP contribution in [0.1, 0.15) is 32.8 Å². The molecule has 4 atom stereocenters. The Balaban J connectivity index is 2.43. The Kier molecular flexibility index (Phi) is 12.5. The highest BCUT2D eigenvalue weighted by Crippen LogP contribution is 2.09. The van der Waals surface area contributed by atoms with E-state index in [1.807, 2.05) is 36.6 Å². The van der Waals surface area contributed by atoms with E-state index in [9.17, 15) is 29.1 Å². The van der Waals surface area contributed by atoms with Crippen LogP contribution in [-0.4, -0.2) is 95.4 Å². The molecule has 2 rings (SSSR count). The maximum atomic E-state index is 13.1. The smallest absolute Gasteiger partial charge is 0.248 e. The normalized spacial score (nSPS) is 24.0. The molecule has 1 aromatic carbocycles. The van der Waals surface area contributed by atoms with Gasteiger partial charge in [0.2, 0.25) is 29.5 Å². The van der Waals surface area contributed by atoms with Gasteiger partial charge in [-0.3, -0.25) is 24.0 Å². The molecule has 11 nitrogen and oxygen atoms in total. The standard InChI is InChI=1S/C26H39N5O6S/c1-16(2)23-26(37)29-20(10-11-38-4)25(36)27-17(3)24(35)28-19(12-18-8-6-5-7-9-18)13-31(22(34)15-32)14-21(33)30-23/h5-9,16-17,19-20,23,32H,10-15H2,1-4H3,(H,27,36)(H,28,35)(H,29,37)(H,30,33)/t17-,19+,20-,23-/m0/s1. The minimum absolute atomic E-state index is 0.0665. The number of rotatable bonds is 7. The Hall–Kier alpha value is -3.12. The van der Waals surface area contributed by atoms with Gasteiger partial charge in [0, 0.05) is 6.54 Å². The molecular formula is C26H39N5O6S. The first kappa shape index (κ1) is 31.1. The van der Waals surface area contributed by atoms with Crippen molar-refractivity contribution in [1.82, 2.24) is 26.2 Å². The molecule has 5 amide bonds. The maximum Gasteiger partial charge on any atom is 0.248 e. The number of carbonyl (C=O) groups is 5. The Labute approximate surface area is 227 Å². The lowest BCUT2D eigenvalue weighted by Crippen LogP contribution is -2.57. The zero-order valence-electron chi connectivity index (χ0n) is 22.4. The highest BCUT2D eigenvalue weighted by molar-refractivity contribution is 7.98. The van der Waals surface area contributed by atoms with Gasteiger partial charge in [0.1, 0.15) is 24.7 Å². The van der Waals surface area contributed by atoms with Crippen LogP contribution in [0.2, 0.25) is 0 Å². The molecule has 12 heteroatoms. The van der Waals surface area contributed by atoms with E-state index in [2.05, 4.69) is 21.3 Å². The molecule has 1 saturated heterocycles. The van der Waals surface area contributed by atoms with Gasteiger partial charge >= 0.3 is 0 Å². The summed E-state index contributed by atoms with van der Waals surface area (Å²) >= 11 is 1.51. The molecule has 1 fully saturated rings. The molecular weight excluding hydrogens is 510 g/mol. The predicted molar refractivity (Wildman–Crippen MR) is 145 cm³/mol. The molecule has 5 N–H and O–H groups in total. The lowest BCUT2D eigenvalue weighted by molar-refractivity contribution is -0.140. The van der Waals surface area contributed by atoms with Crippen LogP contribution in [0.5, 0.6) is 0 Å². The van der Waals surface area contributed by atoms with Crippen molar-refractivity contribution >= 4 is 41.3 Å². The maximum absolute atomic E-state index is 13.1. The molecule has 0 saturated carbocycles. The van der Waals surface area contributed by atoms with Crippen LogP contribution in [-0.2, 0) is 30.4 Å². The van der Waals surface area contributed by atoms with Crippen molar-refractivity contribution in [2.24, 2.45) is 5.92 Å². The minimum Gasteiger partial charge on any atom is -0.387 e. The molecule has 0 bridgehead atoms. The molecule has 1 aliphatic heterocycles. The van der Waals surface area contributed by atoms with E-state index < -0.39 is 66.9 Å². The first-order valence-electron chi connectivity index (χ1n) is 12.7. The number of thioether (sulfide) groups is 1. The van der Waals surface area contributed by atoms with Crippen LogP contribution in [0, 0.1) is 5.92 Å². The number of aliphatic hydroxyl groups is 1. The van der Waals surface area contributed by atoms with Crippen LogP contribution in [0.4, 0.5) is 0 Å². The number of hydrogen-bond acceptors (Lipinski definition) is 7. The molecule has 0 aromatic heterocycles. The van der Waals surface area contributed by atoms with E-state index in [0.29, 0.717) is 18.6 Å². The van der Waals surface area contributed by atoms with Crippen molar-refractivity contribution in [3.8, 4) is 0 Å². The first-order chi connectivity index (χ1) is 18.0. The third-order valence-corrected chi connectivity index (χ3v) is 6.84. The third kappa shape index (κ3) is 9.64. The van der Waals surface area contributed by atoms with Crippen molar-refractivity contribution < 1.29 is 29.1 Å². The second-order valence-electron chi connectivity index (χ2n) is 9.69. The van der Waals surface area contributed by atoms with E-state index >= 15 is 0 Å². The topological polar surface area (TPSA) is 157 Å². The van der Waals surface area contributed by atoms with Crippen molar-refractivity contribution in [2.75, 3.05) is 31.7 Å². The average Bonchev–Trinajstić information content (AvgIpc) is 2.88. The van der Waals surface area contributed by atoms with Crippen molar-refractivity contribution in [3.63, 3.8) is 0 Å². The molecule has 0 spiro atoms. The van der Waals surface area contributed by atoms with Gasteiger partial charge in [-0.15, -0.1) is 0 Å². The number of carbonyl (C=O) groups excluding carboxylic acids is 5. The van der Waals surface area contributed by atoms with Crippen LogP contribution < -0.4 is 21.3 Å². The summed E-state index contributed by atoms with van der Waals surface area (Å²) in [6, 6.07) is 5.89. The summed E-state index contributed by atoms with van der Waals surface area (Å²) in [4.78, 5) is 66.0. The number of hydrogen-bond donors (Lipinski definition) is 5. The highest BCUT2D eigenvalue weighted by Gasteiger charge is 2.32. The van der Waals surface area contributed by atoms with Crippen LogP contribution in [0.3, 0.4) is 0 Å². The summed E-state index contributed by atoms with van der Waals surface area (Å²) in [6.45, 7) is 3.75. The predicted octanol–water partition coefficient (Wildman–Crippen LogP) is -0.568. The molecule has 1 heterocycles. The van der Waals surface area contributed by atoms with Gasteiger partial charge in [-0.25, -0.2) is 0 Å². The number of nitrogens with one attached hydrogen (secondary N) is 4. The van der Waals surface area contributed by atoms with Gasteiger partial charge in [0.15, 0.2) is 0 Å². The quantitative estimate of drug-likeness (QED) is 0.305. The molecule has 210 valence electrons. The Morgan fingerprint density at radius 2 is 1.71 bits per heavy atom. The summed E-state index contributed by atoms with van der Waals surface area (Å²) in [5.41, 5.74) is 0.889. The summed E-state index contributed by atoms with van der Waals surface area (Å²) < 4.78 is 0. The molecule has 0 unspecified atom stereocenters. The highest BCUT2D eigenvalue weighted by atomic mass is 32.2. The molecule has 0 aliphatic carbocycles. The van der Waals surface area contributed by atoms with Crippen molar-refractivity contribution in [2.45, 2.75) is 57.8 Å². The monoisotopic (exact) mass is 549 g/mol. The second kappa shape index (κ2) is 15.3. The number of nitrogens with zero attached hydrogens (tertiary/aromatic N) is 1. The molecule has 1 aliphatic rings. The Bertz CT molecular complexity index is 976. The number of amides is 5. The minimum atomic E-state index is -0.958. The fourth-order valence-electron chi connectivity index (χ4n) is 4.08. The lowest BCUT2D eigenvalue weighted by Gasteiger charge is -2.29. The van der Waals surface area contributed by atoms with Crippen LogP contribution in [0.25, 0.3) is 0 Å². The summed E-state index contributed by atoms with van der Waals surface area (Å²) in [6.07, 6.45) is 2.56. The fraction of sp³-hybridized carbons (Fsp3) is 0.577. The Morgan fingerprint density at radius 1 is 1.03 bits per heavy atom. The van der Waals surface area contributed by atoms with Gasteiger partial charge in [0.05, 0.1) is 12.6 Å². The fourth-order valence-corrected chi connectivity index (χ4v) is 4.55. The lowest BCUT2D eigenvalue weighted by atomic mass is 10.0. The van der Waals surface area contributed by atoms with Crippen molar-refractivity contribution in [3.05, 3.63) is 35.9 Å². The van der Waals surface area contributed by atoms with Gasteiger partial charge in [-0.05, 0) is 43.3 Å². The van der Waals surface area contributed by atoms with Crippen molar-refractivity contribution in [1.29, 1.82) is 0 Å². The van der Waals surface area contributed by atoms with Gasteiger partial charge in [-0.1, -0.05) is 44.2 Å². The summed E-state index contributed by atoms with van der Waals surface area (Å²) in [7, 11) is 0. The van der Waals surface area contributed by atoms with Gasteiger partial charge < -0.3 is 31.3 Å². The van der Waals surface area contributed by atoms with Gasteiger partial charge in [0.25, 0.3) is 0 Å². The second-order valence-corrected chi connectivity index (χ2v) is 10.7. The zero-order valence-corrected chi connectivity index (χ0v) is 23.2. The first-order valence-corrected chi connectivity index (χ1v) is 14.1. The van der Waals surface area contributed by atoms with Gasteiger partial charge in [-0.2, -0.15) is 11.8 Å². The SMILES string of the molecule is CSCC[C@@H]1NC(=O)[C@H](C(C)C)NC(=O)CN(C(=O)CO)C[C@@H](Cc2ccccc2)NC(=O)[C@H](C)NC1=O. The van der Waals surface area contributed by atoms with Crippen LogP contribution >= 0.6 is 11.8 Å². The number of aliphatic hydroxyl groups excluding tert-OH is 1.